The zero-order chi connectivity index (χ0) is 10.3. The Labute approximate surface area is 81.0 Å². The Morgan fingerprint density at radius 1 is 1.15 bits per heavy atom. The molecular formula is C8H20N2O2S. The first-order chi connectivity index (χ1) is 5.92. The minimum Gasteiger partial charge on any atom is -0.314 e. The second-order valence-electron chi connectivity index (χ2n) is 3.49. The molecular weight excluding hydrogens is 188 g/mol. The molecule has 0 saturated heterocycles. The van der Waals surface area contributed by atoms with E-state index in [1.54, 1.807) is 0 Å². The van der Waals surface area contributed by atoms with E-state index in [-0.39, 0.29) is 5.75 Å². The van der Waals surface area contributed by atoms with Gasteiger partial charge >= 0.3 is 0 Å². The van der Waals surface area contributed by atoms with Crippen LogP contribution in [0, 0.1) is 0 Å². The molecule has 0 aromatic carbocycles. The van der Waals surface area contributed by atoms with Crippen LogP contribution in [0.25, 0.3) is 0 Å². The highest BCUT2D eigenvalue weighted by Crippen LogP contribution is 1.79. The van der Waals surface area contributed by atoms with Gasteiger partial charge in [0.15, 0.2) is 0 Å². The highest BCUT2D eigenvalue weighted by molar-refractivity contribution is 7.90. The Kier molecular flexibility index (Phi) is 6.28. The standard InChI is InChI=1S/C8H20N2O2S/c1-8(2)10-5-4-9-6-7-13(3,11)12/h8-10H,4-7H2,1-3H3. The van der Waals surface area contributed by atoms with Gasteiger partial charge in [0, 0.05) is 31.9 Å². The van der Waals surface area contributed by atoms with Gasteiger partial charge < -0.3 is 10.6 Å². The van der Waals surface area contributed by atoms with Gasteiger partial charge in [0.25, 0.3) is 0 Å². The van der Waals surface area contributed by atoms with Gasteiger partial charge in [-0.2, -0.15) is 0 Å². The molecule has 0 rings (SSSR count). The molecule has 0 heterocycles. The summed E-state index contributed by atoms with van der Waals surface area (Å²) in [5, 5.41) is 6.29. The van der Waals surface area contributed by atoms with E-state index in [4.69, 9.17) is 0 Å². The maximum atomic E-state index is 10.7. The largest absolute Gasteiger partial charge is 0.314 e. The van der Waals surface area contributed by atoms with Crippen LogP contribution >= 0.6 is 0 Å². The summed E-state index contributed by atoms with van der Waals surface area (Å²) in [6.07, 6.45) is 1.25. The topological polar surface area (TPSA) is 58.2 Å². The molecule has 4 nitrogen and oxygen atoms in total. The lowest BCUT2D eigenvalue weighted by molar-refractivity contribution is 0.559. The van der Waals surface area contributed by atoms with Gasteiger partial charge in [-0.25, -0.2) is 8.42 Å². The highest BCUT2D eigenvalue weighted by Gasteiger charge is 1.99. The zero-order valence-electron chi connectivity index (χ0n) is 8.63. The fourth-order valence-corrected chi connectivity index (χ4v) is 1.35. The Morgan fingerprint density at radius 2 is 1.77 bits per heavy atom. The Hall–Kier alpha value is -0.130. The summed E-state index contributed by atoms with van der Waals surface area (Å²) >= 11 is 0. The Morgan fingerprint density at radius 3 is 2.23 bits per heavy atom. The second-order valence-corrected chi connectivity index (χ2v) is 5.75. The van der Waals surface area contributed by atoms with E-state index in [1.807, 2.05) is 0 Å². The molecule has 0 bridgehead atoms. The van der Waals surface area contributed by atoms with Crippen molar-refractivity contribution in [1.29, 1.82) is 0 Å². The van der Waals surface area contributed by atoms with Crippen molar-refractivity contribution in [3.8, 4) is 0 Å². The average Bonchev–Trinajstić information content (AvgIpc) is 1.93. The molecule has 0 aliphatic carbocycles. The molecule has 0 aliphatic rings. The number of rotatable bonds is 7. The van der Waals surface area contributed by atoms with Crippen molar-refractivity contribution in [2.24, 2.45) is 0 Å². The lowest BCUT2D eigenvalue weighted by atomic mass is 10.4. The summed E-state index contributed by atoms with van der Waals surface area (Å²) in [5.41, 5.74) is 0. The van der Waals surface area contributed by atoms with Crippen LogP contribution < -0.4 is 10.6 Å². The molecule has 13 heavy (non-hydrogen) atoms. The predicted molar refractivity (Wildman–Crippen MR) is 55.7 cm³/mol. The van der Waals surface area contributed by atoms with E-state index in [2.05, 4.69) is 24.5 Å². The van der Waals surface area contributed by atoms with Crippen molar-refractivity contribution in [3.63, 3.8) is 0 Å². The van der Waals surface area contributed by atoms with Gasteiger partial charge in [0.1, 0.15) is 9.84 Å². The van der Waals surface area contributed by atoms with E-state index in [9.17, 15) is 8.42 Å². The van der Waals surface area contributed by atoms with Crippen LogP contribution in [-0.4, -0.2) is 46.1 Å². The van der Waals surface area contributed by atoms with Crippen molar-refractivity contribution >= 4 is 9.84 Å². The van der Waals surface area contributed by atoms with Crippen LogP contribution in [0.4, 0.5) is 0 Å². The van der Waals surface area contributed by atoms with Crippen LogP contribution in [0.5, 0.6) is 0 Å². The molecule has 0 aromatic rings. The number of nitrogens with one attached hydrogen (secondary N) is 2. The predicted octanol–water partition coefficient (Wildman–Crippen LogP) is -0.381. The SMILES string of the molecule is CC(C)NCCNCCS(C)(=O)=O. The first kappa shape index (κ1) is 12.9. The van der Waals surface area contributed by atoms with Crippen molar-refractivity contribution < 1.29 is 8.42 Å². The summed E-state index contributed by atoms with van der Waals surface area (Å²) in [5.74, 6) is 0.217. The lowest BCUT2D eigenvalue weighted by Gasteiger charge is -2.08. The normalized spacial score (nSPS) is 12.3. The molecule has 0 spiro atoms. The fourth-order valence-electron chi connectivity index (χ4n) is 0.832. The van der Waals surface area contributed by atoms with E-state index in [1.165, 1.54) is 6.26 Å². The van der Waals surface area contributed by atoms with Crippen LogP contribution in [0.2, 0.25) is 0 Å². The van der Waals surface area contributed by atoms with Gasteiger partial charge in [-0.05, 0) is 0 Å². The molecule has 0 radical (unpaired) electrons. The van der Waals surface area contributed by atoms with Crippen molar-refractivity contribution in [2.45, 2.75) is 19.9 Å². The number of hydrogen-bond donors (Lipinski definition) is 2. The van der Waals surface area contributed by atoms with Crippen LogP contribution in [-0.2, 0) is 9.84 Å². The quantitative estimate of drug-likeness (QED) is 0.560. The summed E-state index contributed by atoms with van der Waals surface area (Å²) in [4.78, 5) is 0. The van der Waals surface area contributed by atoms with Crippen LogP contribution in [0.1, 0.15) is 13.8 Å². The third-order valence-electron chi connectivity index (χ3n) is 1.50. The molecule has 0 saturated carbocycles. The summed E-state index contributed by atoms with van der Waals surface area (Å²) < 4.78 is 21.4. The summed E-state index contributed by atoms with van der Waals surface area (Å²) in [6.45, 7) is 6.39. The average molecular weight is 208 g/mol. The van der Waals surface area contributed by atoms with Crippen molar-refractivity contribution in [2.75, 3.05) is 31.6 Å². The molecule has 0 fully saturated rings. The summed E-state index contributed by atoms with van der Waals surface area (Å²) in [7, 11) is -2.81. The molecule has 0 unspecified atom stereocenters. The van der Waals surface area contributed by atoms with Crippen LogP contribution in [0.3, 0.4) is 0 Å². The van der Waals surface area contributed by atoms with Gasteiger partial charge in [-0.15, -0.1) is 0 Å². The van der Waals surface area contributed by atoms with Crippen molar-refractivity contribution in [1.82, 2.24) is 10.6 Å². The molecule has 2 N–H and O–H groups in total. The minimum absolute atomic E-state index is 0.217. The van der Waals surface area contributed by atoms with E-state index in [0.29, 0.717) is 12.6 Å². The minimum atomic E-state index is -2.81. The zero-order valence-corrected chi connectivity index (χ0v) is 9.45. The fraction of sp³-hybridized carbons (Fsp3) is 1.00. The van der Waals surface area contributed by atoms with E-state index in [0.717, 1.165) is 13.1 Å². The Balaban J connectivity index is 3.18. The van der Waals surface area contributed by atoms with Gasteiger partial charge in [-0.3, -0.25) is 0 Å². The smallest absolute Gasteiger partial charge is 0.148 e. The number of hydrogen-bond acceptors (Lipinski definition) is 4. The molecule has 80 valence electrons. The number of sulfone groups is 1. The first-order valence-corrected chi connectivity index (χ1v) is 6.59. The second kappa shape index (κ2) is 6.34. The lowest BCUT2D eigenvalue weighted by Crippen LogP contribution is -2.33. The van der Waals surface area contributed by atoms with Gasteiger partial charge in [-0.1, -0.05) is 13.8 Å². The molecule has 0 atom stereocenters. The van der Waals surface area contributed by atoms with E-state index < -0.39 is 9.84 Å². The molecule has 0 aromatic heterocycles. The van der Waals surface area contributed by atoms with Gasteiger partial charge in [0.2, 0.25) is 0 Å². The molecule has 5 heteroatoms. The molecule has 0 amide bonds. The monoisotopic (exact) mass is 208 g/mol. The first-order valence-electron chi connectivity index (χ1n) is 4.53. The third-order valence-corrected chi connectivity index (χ3v) is 2.45. The maximum Gasteiger partial charge on any atom is 0.148 e. The Bertz CT molecular complexity index is 212. The van der Waals surface area contributed by atoms with E-state index >= 15 is 0 Å². The van der Waals surface area contributed by atoms with Gasteiger partial charge in [0.05, 0.1) is 5.75 Å². The van der Waals surface area contributed by atoms with Crippen LogP contribution in [0.15, 0.2) is 0 Å². The maximum absolute atomic E-state index is 10.7. The summed E-state index contributed by atoms with van der Waals surface area (Å²) in [6, 6.07) is 0.483. The molecule has 0 aliphatic heterocycles. The third kappa shape index (κ3) is 11.9. The van der Waals surface area contributed by atoms with Crippen molar-refractivity contribution in [3.05, 3.63) is 0 Å². The highest BCUT2D eigenvalue weighted by atomic mass is 32.2.